The topological polar surface area (TPSA) is 27.7 Å². The van der Waals surface area contributed by atoms with Crippen LogP contribution in [0.3, 0.4) is 0 Å². The first-order valence-corrected chi connectivity index (χ1v) is 6.69. The van der Waals surface area contributed by atoms with Crippen LogP contribution in [0.25, 0.3) is 0 Å². The smallest absolute Gasteiger partial charge is 0.379 e. The van der Waals surface area contributed by atoms with E-state index >= 15 is 0 Å². The van der Waals surface area contributed by atoms with Crippen LogP contribution in [0.5, 0.6) is 0 Å². The fourth-order valence-electron chi connectivity index (χ4n) is 1.15. The zero-order valence-corrected chi connectivity index (χ0v) is 11.7. The molecule has 0 aliphatic heterocycles. The molecule has 0 heterocycles. The van der Waals surface area contributed by atoms with Gasteiger partial charge in [-0.3, -0.25) is 0 Å². The van der Waals surface area contributed by atoms with Crippen molar-refractivity contribution in [1.82, 2.24) is 0 Å². The third-order valence-electron chi connectivity index (χ3n) is 2.31. The van der Waals surface area contributed by atoms with E-state index in [1.54, 1.807) is 21.3 Å². The Balaban J connectivity index is 0. The Bertz CT molecular complexity index is 70.3. The van der Waals surface area contributed by atoms with Crippen molar-refractivity contribution in [3.8, 4) is 0 Å². The van der Waals surface area contributed by atoms with E-state index in [1.807, 2.05) is 0 Å². The average Bonchev–Trinajstić information content (AvgIpc) is 2.24. The van der Waals surface area contributed by atoms with Gasteiger partial charge in [-0.05, 0) is 5.92 Å². The minimum atomic E-state index is -1.67. The Kier molecular flexibility index (Phi) is 15.5. The summed E-state index contributed by atoms with van der Waals surface area (Å²) in [5, 5.41) is 0. The van der Waals surface area contributed by atoms with E-state index in [2.05, 4.69) is 20.8 Å². The van der Waals surface area contributed by atoms with E-state index in [4.69, 9.17) is 13.3 Å². The molecule has 0 radical (unpaired) electrons. The van der Waals surface area contributed by atoms with E-state index in [-0.39, 0.29) is 0 Å². The first-order chi connectivity index (χ1) is 6.69. The van der Waals surface area contributed by atoms with Crippen LogP contribution in [0, 0.1) is 5.92 Å². The van der Waals surface area contributed by atoms with Crippen molar-refractivity contribution in [3.63, 3.8) is 0 Å². The molecule has 0 aliphatic carbocycles. The third-order valence-corrected chi connectivity index (χ3v) is 3.46. The monoisotopic (exact) mass is 222 g/mol. The number of rotatable bonds is 6. The molecular weight excluding hydrogens is 196 g/mol. The molecule has 0 saturated carbocycles. The van der Waals surface area contributed by atoms with E-state index in [1.165, 1.54) is 19.3 Å². The largest absolute Gasteiger partial charge is 0.483 e. The molecule has 4 heteroatoms. The van der Waals surface area contributed by atoms with Crippen LogP contribution in [0.4, 0.5) is 0 Å². The maximum Gasteiger partial charge on any atom is 0.483 e. The molecule has 0 atom stereocenters. The highest BCUT2D eigenvalue weighted by Crippen LogP contribution is 2.09. The van der Waals surface area contributed by atoms with Gasteiger partial charge in [-0.15, -0.1) is 0 Å². The van der Waals surface area contributed by atoms with Crippen molar-refractivity contribution < 1.29 is 13.3 Å². The van der Waals surface area contributed by atoms with Gasteiger partial charge in [0.15, 0.2) is 0 Å². The zero-order valence-electron chi connectivity index (χ0n) is 10.5. The third kappa shape index (κ3) is 10.2. The Morgan fingerprint density at radius 1 is 0.786 bits per heavy atom. The quantitative estimate of drug-likeness (QED) is 0.646. The molecule has 14 heavy (non-hydrogen) atoms. The van der Waals surface area contributed by atoms with Crippen molar-refractivity contribution in [3.05, 3.63) is 0 Å². The van der Waals surface area contributed by atoms with Crippen LogP contribution in [-0.2, 0) is 13.3 Å². The molecule has 0 bridgehead atoms. The van der Waals surface area contributed by atoms with Crippen LogP contribution >= 0.6 is 0 Å². The maximum absolute atomic E-state index is 4.74. The lowest BCUT2D eigenvalue weighted by atomic mass is 10.0. The van der Waals surface area contributed by atoms with Crippen molar-refractivity contribution >= 4 is 9.53 Å². The molecule has 0 aromatic carbocycles. The molecule has 0 aliphatic rings. The SMILES string of the molecule is CCC(CC)CC.CO[SiH](OC)OC. The van der Waals surface area contributed by atoms with Crippen LogP contribution in [-0.4, -0.2) is 30.9 Å². The van der Waals surface area contributed by atoms with Gasteiger partial charge in [0.05, 0.1) is 0 Å². The fourth-order valence-corrected chi connectivity index (χ4v) is 1.73. The molecule has 0 amide bonds. The number of hydrogen-bond donors (Lipinski definition) is 0. The summed E-state index contributed by atoms with van der Waals surface area (Å²) in [6.45, 7) is 6.78. The van der Waals surface area contributed by atoms with Gasteiger partial charge in [-0.1, -0.05) is 40.0 Å². The lowest BCUT2D eigenvalue weighted by Gasteiger charge is -2.05. The summed E-state index contributed by atoms with van der Waals surface area (Å²) in [5.74, 6) is 0.986. The summed E-state index contributed by atoms with van der Waals surface area (Å²) in [5.41, 5.74) is 0. The highest BCUT2D eigenvalue weighted by atomic mass is 28.3. The molecule has 0 N–H and O–H groups in total. The van der Waals surface area contributed by atoms with E-state index in [9.17, 15) is 0 Å². The normalized spacial score (nSPS) is 10.3. The van der Waals surface area contributed by atoms with Crippen LogP contribution < -0.4 is 0 Å². The number of hydrogen-bond acceptors (Lipinski definition) is 3. The van der Waals surface area contributed by atoms with Crippen LogP contribution in [0.15, 0.2) is 0 Å². The van der Waals surface area contributed by atoms with Gasteiger partial charge >= 0.3 is 9.53 Å². The highest BCUT2D eigenvalue weighted by Gasteiger charge is 2.04. The lowest BCUT2D eigenvalue weighted by molar-refractivity contribution is 0.163. The fraction of sp³-hybridized carbons (Fsp3) is 1.00. The van der Waals surface area contributed by atoms with E-state index < -0.39 is 9.53 Å². The molecular formula is C10H26O3Si. The molecule has 0 fully saturated rings. The molecule has 0 spiro atoms. The summed E-state index contributed by atoms with van der Waals surface area (Å²) in [6, 6.07) is 0. The average molecular weight is 222 g/mol. The molecule has 0 aromatic heterocycles. The predicted octanol–water partition coefficient (Wildman–Crippen LogP) is 2.48. The Labute approximate surface area is 90.7 Å². The van der Waals surface area contributed by atoms with Gasteiger partial charge in [0.25, 0.3) is 0 Å². The van der Waals surface area contributed by atoms with Gasteiger partial charge < -0.3 is 13.3 Å². The minimum Gasteiger partial charge on any atom is -0.379 e. The van der Waals surface area contributed by atoms with Gasteiger partial charge in [-0.25, -0.2) is 0 Å². The molecule has 88 valence electrons. The molecule has 3 nitrogen and oxygen atoms in total. The second-order valence-corrected chi connectivity index (χ2v) is 5.08. The lowest BCUT2D eigenvalue weighted by Crippen LogP contribution is -2.21. The van der Waals surface area contributed by atoms with Crippen LogP contribution in [0.2, 0.25) is 0 Å². The Morgan fingerprint density at radius 2 is 1.07 bits per heavy atom. The summed E-state index contributed by atoms with van der Waals surface area (Å²) in [6.07, 6.45) is 4.06. The van der Waals surface area contributed by atoms with Crippen LogP contribution in [0.1, 0.15) is 40.0 Å². The van der Waals surface area contributed by atoms with Crippen molar-refractivity contribution in [2.75, 3.05) is 21.3 Å². The highest BCUT2D eigenvalue weighted by molar-refractivity contribution is 6.36. The second-order valence-electron chi connectivity index (χ2n) is 3.09. The van der Waals surface area contributed by atoms with E-state index in [0.717, 1.165) is 5.92 Å². The minimum absolute atomic E-state index is 0.986. The first-order valence-electron chi connectivity index (χ1n) is 5.28. The van der Waals surface area contributed by atoms with Gasteiger partial charge in [-0.2, -0.15) is 0 Å². The summed E-state index contributed by atoms with van der Waals surface area (Å²) in [7, 11) is 3.05. The van der Waals surface area contributed by atoms with Gasteiger partial charge in [0, 0.05) is 21.3 Å². The van der Waals surface area contributed by atoms with Crippen molar-refractivity contribution in [2.45, 2.75) is 40.0 Å². The second kappa shape index (κ2) is 13.1. The molecule has 0 rings (SSSR count). The standard InChI is InChI=1S/C7H16.C3H10O3Si/c2*1-4-7(5-2)6-3/h7H,4-6H2,1-3H3;7H,1-3H3. The van der Waals surface area contributed by atoms with Crippen molar-refractivity contribution in [1.29, 1.82) is 0 Å². The molecule has 0 aromatic rings. The van der Waals surface area contributed by atoms with Crippen molar-refractivity contribution in [2.24, 2.45) is 5.92 Å². The molecule has 0 saturated heterocycles. The predicted molar refractivity (Wildman–Crippen MR) is 62.5 cm³/mol. The Hall–Kier alpha value is 0.0969. The Morgan fingerprint density at radius 3 is 1.07 bits per heavy atom. The first kappa shape index (κ1) is 16.5. The van der Waals surface area contributed by atoms with E-state index in [0.29, 0.717) is 0 Å². The maximum atomic E-state index is 4.74. The molecule has 0 unspecified atom stereocenters. The summed E-state index contributed by atoms with van der Waals surface area (Å²) < 4.78 is 14.2. The summed E-state index contributed by atoms with van der Waals surface area (Å²) in [4.78, 5) is 0. The van der Waals surface area contributed by atoms with Gasteiger partial charge in [0.1, 0.15) is 0 Å². The zero-order chi connectivity index (χ0) is 11.4. The van der Waals surface area contributed by atoms with Gasteiger partial charge in [0.2, 0.25) is 0 Å². The summed E-state index contributed by atoms with van der Waals surface area (Å²) >= 11 is 0.